The Balaban J connectivity index is 2.03. The molecule has 1 atom stereocenters. The number of rotatable bonds is 12. The van der Waals surface area contributed by atoms with Crippen LogP contribution in [0.4, 0.5) is 0 Å². The van der Waals surface area contributed by atoms with E-state index in [1.54, 1.807) is 6.92 Å². The molecule has 1 unspecified atom stereocenters. The molecule has 154 valence electrons. The number of hydrogen-bond acceptors (Lipinski definition) is 2. The second-order valence-corrected chi connectivity index (χ2v) is 8.71. The van der Waals surface area contributed by atoms with E-state index in [4.69, 9.17) is 4.52 Å². The van der Waals surface area contributed by atoms with Gasteiger partial charge in [0.15, 0.2) is 0 Å². The number of phosphoric ester groups is 1. The highest BCUT2D eigenvalue weighted by Crippen LogP contribution is 2.48. The molecular weight excluding hydrogens is 371 g/mol. The van der Waals surface area contributed by atoms with Crippen molar-refractivity contribution in [2.45, 2.75) is 70.8 Å². The van der Waals surface area contributed by atoms with E-state index in [0.717, 1.165) is 12.0 Å². The standard InChI is InChI=1S/C23H33O4P/c1-3-4-5-6-7-8-10-13-20-16-18-22(19-17-20)23(2,27-28(24,25)26)21-14-11-9-12-15-21/h9,11-12,14-19H,3-8,10,13H2,1-2H3,(H2,24,25,26). The fourth-order valence-electron chi connectivity index (χ4n) is 3.54. The first-order valence-corrected chi connectivity index (χ1v) is 11.8. The predicted molar refractivity (Wildman–Crippen MR) is 114 cm³/mol. The van der Waals surface area contributed by atoms with Crippen LogP contribution in [-0.2, 0) is 21.1 Å². The monoisotopic (exact) mass is 404 g/mol. The molecule has 0 amide bonds. The molecule has 0 bridgehead atoms. The first-order chi connectivity index (χ1) is 13.3. The maximum atomic E-state index is 11.6. The molecule has 0 spiro atoms. The summed E-state index contributed by atoms with van der Waals surface area (Å²) in [5.41, 5.74) is 1.46. The van der Waals surface area contributed by atoms with Gasteiger partial charge in [-0.3, -0.25) is 4.52 Å². The van der Waals surface area contributed by atoms with E-state index in [1.807, 2.05) is 54.6 Å². The molecule has 4 nitrogen and oxygen atoms in total. The number of phosphoric acid groups is 1. The Labute approximate surface area is 169 Å². The van der Waals surface area contributed by atoms with E-state index in [0.29, 0.717) is 5.56 Å². The van der Waals surface area contributed by atoms with Crippen molar-refractivity contribution in [2.24, 2.45) is 0 Å². The molecule has 0 fully saturated rings. The summed E-state index contributed by atoms with van der Waals surface area (Å²) in [7, 11) is -4.66. The minimum atomic E-state index is -4.66. The Morgan fingerprint density at radius 1 is 0.821 bits per heavy atom. The highest BCUT2D eigenvalue weighted by atomic mass is 31.2. The summed E-state index contributed by atoms with van der Waals surface area (Å²) in [6, 6.07) is 17.1. The Kier molecular flexibility index (Phi) is 8.91. The third-order valence-corrected chi connectivity index (χ3v) is 5.80. The van der Waals surface area contributed by atoms with Gasteiger partial charge in [-0.15, -0.1) is 0 Å². The quantitative estimate of drug-likeness (QED) is 0.319. The van der Waals surface area contributed by atoms with Crippen LogP contribution in [0.5, 0.6) is 0 Å². The van der Waals surface area contributed by atoms with Crippen LogP contribution in [0.1, 0.15) is 75.5 Å². The van der Waals surface area contributed by atoms with Gasteiger partial charge in [0.25, 0.3) is 0 Å². The number of benzene rings is 2. The molecule has 2 rings (SSSR count). The van der Waals surface area contributed by atoms with Crippen molar-refractivity contribution < 1.29 is 18.9 Å². The van der Waals surface area contributed by atoms with Crippen LogP contribution in [0.25, 0.3) is 0 Å². The molecule has 2 aromatic rings. The van der Waals surface area contributed by atoms with Gasteiger partial charge in [0.1, 0.15) is 5.60 Å². The van der Waals surface area contributed by atoms with Crippen LogP contribution in [-0.4, -0.2) is 9.79 Å². The van der Waals surface area contributed by atoms with Crippen LogP contribution < -0.4 is 0 Å². The first kappa shape index (κ1) is 22.8. The van der Waals surface area contributed by atoms with Crippen LogP contribution in [0, 0.1) is 0 Å². The molecule has 2 aromatic carbocycles. The largest absolute Gasteiger partial charge is 0.470 e. The van der Waals surface area contributed by atoms with Crippen LogP contribution in [0.3, 0.4) is 0 Å². The second-order valence-electron chi connectivity index (χ2n) is 7.55. The van der Waals surface area contributed by atoms with Gasteiger partial charge in [-0.2, -0.15) is 0 Å². The summed E-state index contributed by atoms with van der Waals surface area (Å²) in [4.78, 5) is 18.9. The summed E-state index contributed by atoms with van der Waals surface area (Å²) in [6.07, 6.45) is 9.99. The van der Waals surface area contributed by atoms with E-state index in [-0.39, 0.29) is 0 Å². The highest BCUT2D eigenvalue weighted by Gasteiger charge is 2.36. The van der Waals surface area contributed by atoms with Gasteiger partial charge >= 0.3 is 7.82 Å². The zero-order valence-electron chi connectivity index (χ0n) is 17.0. The summed E-state index contributed by atoms with van der Waals surface area (Å²) in [5, 5.41) is 0. The fourth-order valence-corrected chi connectivity index (χ4v) is 4.23. The Bertz CT molecular complexity index is 739. The minimum absolute atomic E-state index is 0.707. The van der Waals surface area contributed by atoms with E-state index < -0.39 is 13.4 Å². The summed E-state index contributed by atoms with van der Waals surface area (Å²) >= 11 is 0. The van der Waals surface area contributed by atoms with Crippen molar-refractivity contribution in [3.05, 3.63) is 71.3 Å². The van der Waals surface area contributed by atoms with E-state index in [2.05, 4.69) is 6.92 Å². The molecule has 0 saturated heterocycles. The smallest absolute Gasteiger partial charge is 0.303 e. The third kappa shape index (κ3) is 7.18. The highest BCUT2D eigenvalue weighted by molar-refractivity contribution is 7.46. The van der Waals surface area contributed by atoms with Gasteiger partial charge in [-0.05, 0) is 36.5 Å². The summed E-state index contributed by atoms with van der Waals surface area (Å²) in [6.45, 7) is 3.93. The molecule has 2 N–H and O–H groups in total. The van der Waals surface area contributed by atoms with Crippen molar-refractivity contribution in [3.8, 4) is 0 Å². The molecule has 0 heterocycles. The lowest BCUT2D eigenvalue weighted by Crippen LogP contribution is -2.26. The zero-order chi connectivity index (χ0) is 20.5. The fraction of sp³-hybridized carbons (Fsp3) is 0.478. The zero-order valence-corrected chi connectivity index (χ0v) is 17.9. The number of aryl methyl sites for hydroxylation is 1. The lowest BCUT2D eigenvalue weighted by Gasteiger charge is -2.31. The molecule has 5 heteroatoms. The lowest BCUT2D eigenvalue weighted by atomic mass is 9.87. The van der Waals surface area contributed by atoms with Gasteiger partial charge in [0.05, 0.1) is 0 Å². The topological polar surface area (TPSA) is 66.8 Å². The molecule has 28 heavy (non-hydrogen) atoms. The van der Waals surface area contributed by atoms with E-state index in [1.165, 1.54) is 50.5 Å². The van der Waals surface area contributed by atoms with Crippen molar-refractivity contribution in [1.82, 2.24) is 0 Å². The van der Waals surface area contributed by atoms with Gasteiger partial charge in [0, 0.05) is 0 Å². The predicted octanol–water partition coefficient (Wildman–Crippen LogP) is 6.35. The second kappa shape index (κ2) is 10.9. The summed E-state index contributed by atoms with van der Waals surface area (Å²) in [5.74, 6) is 0. The van der Waals surface area contributed by atoms with Crippen LogP contribution in [0.2, 0.25) is 0 Å². The average molecular weight is 404 g/mol. The van der Waals surface area contributed by atoms with Crippen molar-refractivity contribution in [2.75, 3.05) is 0 Å². The third-order valence-electron chi connectivity index (χ3n) is 5.20. The maximum absolute atomic E-state index is 11.6. The molecule has 0 aliphatic rings. The SMILES string of the molecule is CCCCCCCCCc1ccc(C(C)(OP(=O)(O)O)c2ccccc2)cc1. The van der Waals surface area contributed by atoms with Crippen molar-refractivity contribution in [1.29, 1.82) is 0 Å². The average Bonchev–Trinajstić information content (AvgIpc) is 2.67. The van der Waals surface area contributed by atoms with Gasteiger partial charge in [-0.25, -0.2) is 4.57 Å². The normalized spacial score (nSPS) is 14.0. The van der Waals surface area contributed by atoms with Crippen LogP contribution >= 0.6 is 7.82 Å². The molecular formula is C23H33O4P. The van der Waals surface area contributed by atoms with Gasteiger partial charge in [-0.1, -0.05) is 100 Å². The molecule has 0 radical (unpaired) electrons. The van der Waals surface area contributed by atoms with Crippen molar-refractivity contribution >= 4 is 7.82 Å². The minimum Gasteiger partial charge on any atom is -0.303 e. The lowest BCUT2D eigenvalue weighted by molar-refractivity contribution is 0.0809. The molecule has 0 aliphatic heterocycles. The Morgan fingerprint density at radius 2 is 1.36 bits per heavy atom. The van der Waals surface area contributed by atoms with Gasteiger partial charge in [0.2, 0.25) is 0 Å². The first-order valence-electron chi connectivity index (χ1n) is 10.3. The van der Waals surface area contributed by atoms with Gasteiger partial charge < -0.3 is 9.79 Å². The Morgan fingerprint density at radius 3 is 1.93 bits per heavy atom. The molecule has 0 saturated carbocycles. The van der Waals surface area contributed by atoms with E-state index in [9.17, 15) is 14.4 Å². The number of unbranched alkanes of at least 4 members (excludes halogenated alkanes) is 6. The van der Waals surface area contributed by atoms with Crippen LogP contribution in [0.15, 0.2) is 54.6 Å². The maximum Gasteiger partial charge on any atom is 0.470 e. The molecule has 0 aliphatic carbocycles. The van der Waals surface area contributed by atoms with E-state index >= 15 is 0 Å². The Hall–Kier alpha value is -1.45. The van der Waals surface area contributed by atoms with Crippen molar-refractivity contribution in [3.63, 3.8) is 0 Å². The summed E-state index contributed by atoms with van der Waals surface area (Å²) < 4.78 is 16.9. The molecule has 0 aromatic heterocycles. The number of hydrogen-bond donors (Lipinski definition) is 2.